The van der Waals surface area contributed by atoms with Crippen LogP contribution in [0.5, 0.6) is 11.5 Å². The van der Waals surface area contributed by atoms with E-state index in [4.69, 9.17) is 18.6 Å². The molecule has 1 aliphatic rings. The Morgan fingerprint density at radius 2 is 1.91 bits per heavy atom. The molecule has 32 heavy (non-hydrogen) atoms. The van der Waals surface area contributed by atoms with Crippen LogP contribution in [0.2, 0.25) is 0 Å². The van der Waals surface area contributed by atoms with Crippen LogP contribution in [-0.4, -0.2) is 56.2 Å². The van der Waals surface area contributed by atoms with Crippen LogP contribution in [0.1, 0.15) is 23.0 Å². The summed E-state index contributed by atoms with van der Waals surface area (Å²) in [5.74, 6) is 0.355. The van der Waals surface area contributed by atoms with Gasteiger partial charge in [-0.2, -0.15) is 0 Å². The van der Waals surface area contributed by atoms with E-state index in [0.717, 1.165) is 5.56 Å². The van der Waals surface area contributed by atoms with Gasteiger partial charge in [-0.05, 0) is 25.1 Å². The molecule has 8 heteroatoms. The second kappa shape index (κ2) is 8.92. The van der Waals surface area contributed by atoms with Crippen molar-refractivity contribution in [3.8, 4) is 11.5 Å². The molecular weight excluding hydrogens is 412 g/mol. The maximum atomic E-state index is 13.5. The molecule has 1 atom stereocenters. The van der Waals surface area contributed by atoms with Gasteiger partial charge in [0.25, 0.3) is 5.91 Å². The average Bonchev–Trinajstić information content (AvgIpc) is 3.15. The van der Waals surface area contributed by atoms with Gasteiger partial charge in [-0.1, -0.05) is 30.3 Å². The van der Waals surface area contributed by atoms with Gasteiger partial charge < -0.3 is 28.8 Å². The van der Waals surface area contributed by atoms with Gasteiger partial charge in [0.15, 0.2) is 11.3 Å². The molecule has 0 saturated carbocycles. The highest BCUT2D eigenvalue weighted by atomic mass is 16.5. The number of amides is 2. The molecule has 0 unspecified atom stereocenters. The van der Waals surface area contributed by atoms with Gasteiger partial charge in [-0.3, -0.25) is 9.59 Å². The van der Waals surface area contributed by atoms with E-state index < -0.39 is 11.4 Å². The number of ether oxygens (including phenoxy) is 3. The van der Waals surface area contributed by atoms with E-state index in [2.05, 4.69) is 5.32 Å². The van der Waals surface area contributed by atoms with Crippen molar-refractivity contribution in [1.82, 2.24) is 10.2 Å². The Bertz CT molecular complexity index is 1140. The zero-order valence-electron chi connectivity index (χ0n) is 18.3. The predicted molar refractivity (Wildman–Crippen MR) is 118 cm³/mol. The summed E-state index contributed by atoms with van der Waals surface area (Å²) in [6.07, 6.45) is 0. The van der Waals surface area contributed by atoms with E-state index in [-0.39, 0.29) is 38.0 Å². The Kier molecular flexibility index (Phi) is 6.05. The van der Waals surface area contributed by atoms with Crippen molar-refractivity contribution in [3.63, 3.8) is 0 Å². The highest BCUT2D eigenvalue weighted by Crippen LogP contribution is 2.38. The van der Waals surface area contributed by atoms with Gasteiger partial charge in [0, 0.05) is 25.8 Å². The summed E-state index contributed by atoms with van der Waals surface area (Å²) in [7, 11) is 3.13. The summed E-state index contributed by atoms with van der Waals surface area (Å²) in [5.41, 5.74) is 0.108. The number of methoxy groups -OCH3 is 2. The first-order chi connectivity index (χ1) is 15.5. The van der Waals surface area contributed by atoms with Crippen LogP contribution in [0, 0.1) is 0 Å². The molecule has 0 spiro atoms. The van der Waals surface area contributed by atoms with E-state index in [1.165, 1.54) is 4.90 Å². The Morgan fingerprint density at radius 3 is 2.69 bits per heavy atom. The Hall–Kier alpha value is -3.52. The topological polar surface area (TPSA) is 90.2 Å². The van der Waals surface area contributed by atoms with Crippen molar-refractivity contribution in [3.05, 3.63) is 59.9 Å². The van der Waals surface area contributed by atoms with Crippen LogP contribution in [0.15, 0.2) is 52.9 Å². The molecule has 0 bridgehead atoms. The lowest BCUT2D eigenvalue weighted by atomic mass is 9.99. The first-order valence-electron chi connectivity index (χ1n) is 10.3. The molecule has 2 amide bonds. The lowest BCUT2D eigenvalue weighted by molar-refractivity contribution is -0.133. The fraction of sp³-hybridized carbons (Fsp3) is 0.333. The van der Waals surface area contributed by atoms with Crippen LogP contribution >= 0.6 is 0 Å². The van der Waals surface area contributed by atoms with Crippen LogP contribution in [0.3, 0.4) is 0 Å². The predicted octanol–water partition coefficient (Wildman–Crippen LogP) is 3.00. The largest absolute Gasteiger partial charge is 0.496 e. The number of hydrogen-bond acceptors (Lipinski definition) is 6. The molecule has 0 aliphatic carbocycles. The van der Waals surface area contributed by atoms with Gasteiger partial charge >= 0.3 is 0 Å². The van der Waals surface area contributed by atoms with E-state index in [9.17, 15) is 9.59 Å². The number of benzene rings is 2. The molecule has 1 N–H and O–H groups in total. The number of hydrogen-bond donors (Lipinski definition) is 1. The summed E-state index contributed by atoms with van der Waals surface area (Å²) in [6, 6.07) is 14.7. The molecule has 168 valence electrons. The van der Waals surface area contributed by atoms with Crippen LogP contribution in [0.4, 0.5) is 0 Å². The van der Waals surface area contributed by atoms with E-state index >= 15 is 0 Å². The summed E-state index contributed by atoms with van der Waals surface area (Å²) in [6.45, 7) is 2.37. The van der Waals surface area contributed by atoms with Crippen LogP contribution in [0.25, 0.3) is 11.0 Å². The highest BCUT2D eigenvalue weighted by Gasteiger charge is 2.47. The Morgan fingerprint density at radius 1 is 1.16 bits per heavy atom. The van der Waals surface area contributed by atoms with Gasteiger partial charge in [-0.25, -0.2) is 0 Å². The average molecular weight is 438 g/mol. The summed E-state index contributed by atoms with van der Waals surface area (Å²) in [4.78, 5) is 28.4. The second-order valence-corrected chi connectivity index (χ2v) is 7.76. The minimum atomic E-state index is -1.28. The molecule has 2 aromatic carbocycles. The monoisotopic (exact) mass is 438 g/mol. The number of fused-ring (bicyclic) bond motifs is 3. The van der Waals surface area contributed by atoms with Crippen molar-refractivity contribution < 1.29 is 28.2 Å². The maximum absolute atomic E-state index is 13.5. The molecule has 0 radical (unpaired) electrons. The Balaban J connectivity index is 1.64. The van der Waals surface area contributed by atoms with E-state index in [1.54, 1.807) is 27.2 Å². The van der Waals surface area contributed by atoms with E-state index in [0.29, 0.717) is 22.5 Å². The summed E-state index contributed by atoms with van der Waals surface area (Å²) < 4.78 is 22.4. The molecule has 2 heterocycles. The fourth-order valence-corrected chi connectivity index (χ4v) is 3.88. The Labute approximate surface area is 186 Å². The van der Waals surface area contributed by atoms with Crippen LogP contribution < -0.4 is 14.8 Å². The van der Waals surface area contributed by atoms with Gasteiger partial charge in [0.2, 0.25) is 11.7 Å². The normalized spacial score (nSPS) is 18.1. The highest BCUT2D eigenvalue weighted by molar-refractivity contribution is 6.04. The zero-order valence-corrected chi connectivity index (χ0v) is 18.3. The number of carbonyl (C=O) groups is 2. The number of nitrogens with zero attached hydrogens (tertiary/aromatic N) is 1. The molecular formula is C24H26N2O6. The van der Waals surface area contributed by atoms with Crippen molar-refractivity contribution in [1.29, 1.82) is 0 Å². The number of para-hydroxylation sites is 2. The first-order valence-corrected chi connectivity index (χ1v) is 10.3. The minimum absolute atomic E-state index is 0.0310. The molecule has 1 aliphatic heterocycles. The molecule has 8 nitrogen and oxygen atoms in total. The van der Waals surface area contributed by atoms with Crippen molar-refractivity contribution in [2.75, 3.05) is 34.0 Å². The summed E-state index contributed by atoms with van der Waals surface area (Å²) >= 11 is 0. The molecule has 3 aromatic rings. The second-order valence-electron chi connectivity index (χ2n) is 7.76. The van der Waals surface area contributed by atoms with E-state index in [1.807, 2.05) is 42.5 Å². The quantitative estimate of drug-likeness (QED) is 0.610. The standard InChI is InChI=1S/C24H26N2O6/c1-24(23(28)25-14-16-8-4-6-10-18(16)30-3)15-31-20-17-9-5-7-11-19(17)32-21(20)22(27)26(24)12-13-29-2/h4-11H,12-15H2,1-3H3,(H,25,28)/t24-/m1/s1. The van der Waals surface area contributed by atoms with Crippen molar-refractivity contribution in [2.24, 2.45) is 0 Å². The molecule has 1 aromatic heterocycles. The third-order valence-corrected chi connectivity index (χ3v) is 5.72. The number of nitrogens with one attached hydrogen (secondary N) is 1. The van der Waals surface area contributed by atoms with Gasteiger partial charge in [0.1, 0.15) is 17.9 Å². The van der Waals surface area contributed by atoms with Crippen molar-refractivity contribution >= 4 is 22.8 Å². The van der Waals surface area contributed by atoms with Gasteiger partial charge in [0.05, 0.1) is 19.1 Å². The van der Waals surface area contributed by atoms with Gasteiger partial charge in [-0.15, -0.1) is 0 Å². The minimum Gasteiger partial charge on any atom is -0.496 e. The molecule has 0 fully saturated rings. The lowest BCUT2D eigenvalue weighted by Gasteiger charge is -2.37. The molecule has 4 rings (SSSR count). The number of rotatable bonds is 7. The zero-order chi connectivity index (χ0) is 22.7. The SMILES string of the molecule is COCCN1C(=O)c2oc3ccccc3c2OC[C@]1(C)C(=O)NCc1ccccc1OC. The lowest BCUT2D eigenvalue weighted by Crippen LogP contribution is -2.61. The maximum Gasteiger partial charge on any atom is 0.294 e. The van der Waals surface area contributed by atoms with Crippen molar-refractivity contribution in [2.45, 2.75) is 19.0 Å². The number of carbonyl (C=O) groups excluding carboxylic acids is 2. The first kappa shape index (κ1) is 21.7. The van der Waals surface area contributed by atoms with Crippen LogP contribution in [-0.2, 0) is 16.1 Å². The number of furan rings is 1. The third-order valence-electron chi connectivity index (χ3n) is 5.72. The fourth-order valence-electron chi connectivity index (χ4n) is 3.88. The summed E-state index contributed by atoms with van der Waals surface area (Å²) in [5, 5.41) is 3.63. The third kappa shape index (κ3) is 3.78. The smallest absolute Gasteiger partial charge is 0.294 e. The molecule has 0 saturated heterocycles.